The molecule has 0 amide bonds. The first-order valence-electron chi connectivity index (χ1n) is 12.9. The molecule has 0 saturated carbocycles. The van der Waals surface area contributed by atoms with Crippen molar-refractivity contribution in [2.45, 2.75) is 9.79 Å². The molecule has 0 aromatic heterocycles. The van der Waals surface area contributed by atoms with Gasteiger partial charge in [0.25, 0.3) is 0 Å². The molecule has 0 radical (unpaired) electrons. The van der Waals surface area contributed by atoms with Crippen LogP contribution in [0.2, 0.25) is 0 Å². The van der Waals surface area contributed by atoms with Crippen LogP contribution in [-0.2, 0) is 0 Å². The zero-order valence-electron chi connectivity index (χ0n) is 21.9. The number of hydrogen-bond donors (Lipinski definition) is 0. The molecule has 0 bridgehead atoms. The van der Waals surface area contributed by atoms with Crippen LogP contribution in [0, 0.1) is 11.6 Å². The van der Waals surface area contributed by atoms with E-state index in [0.29, 0.717) is 9.79 Å². The Labute approximate surface area is 248 Å². The second kappa shape index (κ2) is 11.5. The van der Waals surface area contributed by atoms with Gasteiger partial charge in [0.2, 0.25) is 0 Å². The Morgan fingerprint density at radius 3 is 1.17 bits per heavy atom. The van der Waals surface area contributed by atoms with Crippen molar-refractivity contribution in [3.05, 3.63) is 153 Å². The summed E-state index contributed by atoms with van der Waals surface area (Å²) in [7, 11) is 0. The van der Waals surface area contributed by atoms with Crippen LogP contribution in [0.4, 0.5) is 8.78 Å². The van der Waals surface area contributed by atoms with Crippen molar-refractivity contribution in [3.8, 4) is 0 Å². The number of thioether (sulfide) groups is 2. The molecule has 4 aromatic rings. The Hall–Kier alpha value is -4.40. The van der Waals surface area contributed by atoms with Crippen LogP contribution in [0.5, 0.6) is 0 Å². The van der Waals surface area contributed by atoms with Crippen molar-refractivity contribution < 1.29 is 28.0 Å². The van der Waals surface area contributed by atoms with Gasteiger partial charge in [0.05, 0.1) is 0 Å². The molecule has 0 N–H and O–H groups in total. The lowest BCUT2D eigenvalue weighted by Crippen LogP contribution is -2.31. The highest BCUT2D eigenvalue weighted by atomic mass is 32.2. The summed E-state index contributed by atoms with van der Waals surface area (Å²) in [5, 5.41) is 0. The minimum atomic E-state index is -0.538. The third-order valence-corrected chi connectivity index (χ3v) is 9.09. The summed E-state index contributed by atoms with van der Waals surface area (Å²) in [6.45, 7) is 0. The Kier molecular flexibility index (Phi) is 7.58. The van der Waals surface area contributed by atoms with Crippen LogP contribution in [0.15, 0.2) is 129 Å². The average molecular weight is 595 g/mol. The van der Waals surface area contributed by atoms with Gasteiger partial charge < -0.3 is 0 Å². The molecule has 8 heteroatoms. The minimum absolute atomic E-state index is 0.0331. The van der Waals surface area contributed by atoms with Crippen molar-refractivity contribution in [2.24, 2.45) is 0 Å². The molecule has 206 valence electrons. The lowest BCUT2D eigenvalue weighted by Gasteiger charge is -2.27. The van der Waals surface area contributed by atoms with Gasteiger partial charge in [-0.15, -0.1) is 23.5 Å². The Morgan fingerprint density at radius 1 is 0.452 bits per heavy atom. The van der Waals surface area contributed by atoms with Crippen LogP contribution in [0.3, 0.4) is 0 Å². The summed E-state index contributed by atoms with van der Waals surface area (Å²) in [6.07, 6.45) is 0. The van der Waals surface area contributed by atoms with E-state index in [9.17, 15) is 28.0 Å². The number of carbonyl (C=O) groups is 4. The standard InChI is InChI=1S/C34H20F2O4S2/c35-19-7-5-9-21(15-19)41-17-27-29(33(39)25-13-3-1-11-23(25)31(27)37)30-28(18-42-22-10-6-8-20(36)16-22)32(38)24-12-2-4-14-26(24)34(30)40/h1-16H,17-18H2. The van der Waals surface area contributed by atoms with Gasteiger partial charge in [-0.1, -0.05) is 60.7 Å². The first-order valence-corrected chi connectivity index (χ1v) is 14.9. The van der Waals surface area contributed by atoms with E-state index in [1.54, 1.807) is 60.7 Å². The maximum absolute atomic E-state index is 14.1. The van der Waals surface area contributed by atoms with Crippen molar-refractivity contribution in [1.29, 1.82) is 0 Å². The lowest BCUT2D eigenvalue weighted by molar-refractivity contribution is 0.0953. The zero-order chi connectivity index (χ0) is 29.4. The number of halogens is 2. The molecule has 0 fully saturated rings. The van der Waals surface area contributed by atoms with Gasteiger partial charge in [-0.3, -0.25) is 19.2 Å². The largest absolute Gasteiger partial charge is 0.289 e. The number of hydrogen-bond acceptors (Lipinski definition) is 6. The summed E-state index contributed by atoms with van der Waals surface area (Å²) in [5.74, 6) is -2.92. The van der Waals surface area contributed by atoms with Gasteiger partial charge in [-0.2, -0.15) is 0 Å². The molecule has 2 aliphatic carbocycles. The summed E-state index contributed by atoms with van der Waals surface area (Å²) < 4.78 is 27.8. The monoisotopic (exact) mass is 594 g/mol. The van der Waals surface area contributed by atoms with Gasteiger partial charge in [0, 0.05) is 65.8 Å². The SMILES string of the molecule is O=C1C(CSc2cccc(F)c2)=C(C2=C(CSc3cccc(F)c3)C(=O)c3ccccc3C2=O)C(=O)c2ccccc21. The quantitative estimate of drug-likeness (QED) is 0.205. The van der Waals surface area contributed by atoms with Crippen LogP contribution in [0.25, 0.3) is 0 Å². The number of Topliss-reactive ketones (excluding diaryl/α,β-unsaturated/α-hetero) is 4. The fraction of sp³-hybridized carbons (Fsp3) is 0.0588. The van der Waals surface area contributed by atoms with Crippen LogP contribution in [0.1, 0.15) is 41.4 Å². The molecular formula is C34H20F2O4S2. The van der Waals surface area contributed by atoms with E-state index in [0.717, 1.165) is 23.5 Å². The number of ketones is 4. The normalized spacial score (nSPS) is 14.8. The molecule has 42 heavy (non-hydrogen) atoms. The van der Waals surface area contributed by atoms with Gasteiger partial charge in [0.15, 0.2) is 23.1 Å². The van der Waals surface area contributed by atoms with Crippen molar-refractivity contribution in [2.75, 3.05) is 11.5 Å². The molecule has 0 saturated heterocycles. The average Bonchev–Trinajstić information content (AvgIpc) is 3.00. The van der Waals surface area contributed by atoms with Gasteiger partial charge in [0.1, 0.15) is 11.6 Å². The summed E-state index contributed by atoms with van der Waals surface area (Å²) in [5.41, 5.74) is 0.574. The van der Waals surface area contributed by atoms with E-state index in [4.69, 9.17) is 0 Å². The van der Waals surface area contributed by atoms with Crippen molar-refractivity contribution >= 4 is 46.7 Å². The second-order valence-electron chi connectivity index (χ2n) is 9.61. The molecule has 4 aromatic carbocycles. The number of carbonyl (C=O) groups excluding carboxylic acids is 4. The third-order valence-electron chi connectivity index (χ3n) is 7.05. The third kappa shape index (κ3) is 5.08. The van der Waals surface area contributed by atoms with E-state index in [1.165, 1.54) is 36.4 Å². The van der Waals surface area contributed by atoms with E-state index in [1.807, 2.05) is 0 Å². The topological polar surface area (TPSA) is 68.3 Å². The Balaban J connectivity index is 1.54. The van der Waals surface area contributed by atoms with Crippen molar-refractivity contribution in [3.63, 3.8) is 0 Å². The number of allylic oxidation sites excluding steroid dienone is 2. The number of rotatable bonds is 7. The molecule has 2 aliphatic rings. The molecule has 6 rings (SSSR count). The molecule has 4 nitrogen and oxygen atoms in total. The predicted octanol–water partition coefficient (Wildman–Crippen LogP) is 7.60. The van der Waals surface area contributed by atoms with Gasteiger partial charge in [-0.25, -0.2) is 8.78 Å². The molecular weight excluding hydrogens is 575 g/mol. The van der Waals surface area contributed by atoms with Crippen LogP contribution in [-0.4, -0.2) is 34.6 Å². The van der Waals surface area contributed by atoms with E-state index in [-0.39, 0.29) is 56.1 Å². The summed E-state index contributed by atoms with van der Waals surface area (Å²) in [4.78, 5) is 57.1. The van der Waals surface area contributed by atoms with E-state index < -0.39 is 34.8 Å². The molecule has 0 unspecified atom stereocenters. The minimum Gasteiger partial charge on any atom is -0.289 e. The molecule has 0 spiro atoms. The highest BCUT2D eigenvalue weighted by Gasteiger charge is 2.41. The predicted molar refractivity (Wildman–Crippen MR) is 159 cm³/mol. The van der Waals surface area contributed by atoms with Gasteiger partial charge in [-0.05, 0) is 36.4 Å². The first-order chi connectivity index (χ1) is 20.3. The van der Waals surface area contributed by atoms with E-state index in [2.05, 4.69) is 0 Å². The molecule has 0 heterocycles. The number of fused-ring (bicyclic) bond motifs is 2. The Bertz CT molecular complexity index is 1750. The maximum atomic E-state index is 14.1. The second-order valence-corrected chi connectivity index (χ2v) is 11.7. The van der Waals surface area contributed by atoms with Crippen LogP contribution < -0.4 is 0 Å². The first kappa shape index (κ1) is 27.8. The smallest absolute Gasteiger partial charge is 0.194 e. The number of benzene rings is 4. The van der Waals surface area contributed by atoms with E-state index >= 15 is 0 Å². The Morgan fingerprint density at radius 2 is 0.810 bits per heavy atom. The van der Waals surface area contributed by atoms with Gasteiger partial charge >= 0.3 is 0 Å². The summed E-state index contributed by atoms with van der Waals surface area (Å²) >= 11 is 2.31. The highest BCUT2D eigenvalue weighted by Crippen LogP contribution is 2.40. The zero-order valence-corrected chi connectivity index (χ0v) is 23.5. The van der Waals surface area contributed by atoms with Crippen LogP contribution >= 0.6 is 23.5 Å². The van der Waals surface area contributed by atoms with Crippen molar-refractivity contribution in [1.82, 2.24) is 0 Å². The summed E-state index contributed by atoms with van der Waals surface area (Å²) in [6, 6.07) is 24.4. The maximum Gasteiger partial charge on any atom is 0.194 e. The molecule has 0 atom stereocenters. The lowest BCUT2D eigenvalue weighted by atomic mass is 9.74. The molecule has 0 aliphatic heterocycles. The fourth-order valence-corrected chi connectivity index (χ4v) is 7.00. The fourth-order valence-electron chi connectivity index (χ4n) is 5.08. The highest BCUT2D eigenvalue weighted by molar-refractivity contribution is 7.99.